The molecule has 100 valence electrons. The van der Waals surface area contributed by atoms with Crippen molar-refractivity contribution < 1.29 is 18.3 Å². The van der Waals surface area contributed by atoms with Gasteiger partial charge in [0.25, 0.3) is 0 Å². The third-order valence-corrected chi connectivity index (χ3v) is 5.12. The Hall–Kier alpha value is -0.620. The van der Waals surface area contributed by atoms with E-state index in [0.717, 1.165) is 32.1 Å². The lowest BCUT2D eigenvalue weighted by Crippen LogP contribution is -2.43. The Bertz CT molecular complexity index is 371. The number of sulfonamides is 1. The molecular weight excluding hydrogens is 242 g/mol. The van der Waals surface area contributed by atoms with Gasteiger partial charge in [-0.05, 0) is 25.2 Å². The summed E-state index contributed by atoms with van der Waals surface area (Å²) in [5.74, 6) is -1.13. The summed E-state index contributed by atoms with van der Waals surface area (Å²) in [6.45, 7) is 3.31. The minimum Gasteiger partial charge on any atom is -0.480 e. The third kappa shape index (κ3) is 4.63. The van der Waals surface area contributed by atoms with Crippen molar-refractivity contribution in [2.75, 3.05) is 5.75 Å². The topological polar surface area (TPSA) is 83.5 Å². The number of carboxylic acid groups (broad SMARTS) is 1. The molecule has 1 aliphatic carbocycles. The van der Waals surface area contributed by atoms with E-state index < -0.39 is 22.0 Å². The van der Waals surface area contributed by atoms with E-state index >= 15 is 0 Å². The first-order valence-corrected chi connectivity index (χ1v) is 7.62. The maximum absolute atomic E-state index is 11.8. The lowest BCUT2D eigenvalue weighted by atomic mass is 9.77. The molecule has 0 aliphatic heterocycles. The van der Waals surface area contributed by atoms with Crippen molar-refractivity contribution >= 4 is 16.0 Å². The summed E-state index contributed by atoms with van der Waals surface area (Å²) in [5, 5.41) is 8.69. The van der Waals surface area contributed by atoms with Gasteiger partial charge < -0.3 is 5.11 Å². The van der Waals surface area contributed by atoms with Crippen LogP contribution in [0.2, 0.25) is 0 Å². The monoisotopic (exact) mass is 263 g/mol. The van der Waals surface area contributed by atoms with Crippen LogP contribution in [0.25, 0.3) is 0 Å². The zero-order chi connectivity index (χ0) is 13.1. The van der Waals surface area contributed by atoms with Gasteiger partial charge in [-0.25, -0.2) is 13.1 Å². The minimum atomic E-state index is -3.51. The molecule has 1 fully saturated rings. The van der Waals surface area contributed by atoms with Gasteiger partial charge in [-0.15, -0.1) is 0 Å². The molecule has 17 heavy (non-hydrogen) atoms. The van der Waals surface area contributed by atoms with Gasteiger partial charge in [-0.2, -0.15) is 0 Å². The molecule has 6 heteroatoms. The Balaban J connectivity index is 2.62. The zero-order valence-electron chi connectivity index (χ0n) is 10.4. The van der Waals surface area contributed by atoms with Crippen LogP contribution in [0, 0.1) is 5.41 Å². The van der Waals surface area contributed by atoms with Crippen LogP contribution in [0.15, 0.2) is 0 Å². The number of nitrogens with one attached hydrogen (secondary N) is 1. The second kappa shape index (κ2) is 5.35. The molecule has 1 atom stereocenters. The Kier molecular flexibility index (Phi) is 4.55. The van der Waals surface area contributed by atoms with Gasteiger partial charge in [-0.1, -0.05) is 26.2 Å². The van der Waals surface area contributed by atoms with Crippen LogP contribution in [0.3, 0.4) is 0 Å². The Labute approximate surface area is 103 Å². The summed E-state index contributed by atoms with van der Waals surface area (Å²) >= 11 is 0. The van der Waals surface area contributed by atoms with Crippen molar-refractivity contribution in [1.29, 1.82) is 0 Å². The summed E-state index contributed by atoms with van der Waals surface area (Å²) in [5.41, 5.74) is -0.206. The number of carbonyl (C=O) groups is 1. The normalized spacial score (nSPS) is 22.0. The summed E-state index contributed by atoms with van der Waals surface area (Å²) in [4.78, 5) is 10.6. The average molecular weight is 263 g/mol. The molecular formula is C11H21NO4S. The maximum atomic E-state index is 11.8. The van der Waals surface area contributed by atoms with E-state index in [2.05, 4.69) is 4.72 Å². The predicted octanol–water partition coefficient (Wildman–Crippen LogP) is 1.35. The Morgan fingerprint density at radius 1 is 1.35 bits per heavy atom. The highest BCUT2D eigenvalue weighted by atomic mass is 32.2. The maximum Gasteiger partial charge on any atom is 0.321 e. The first kappa shape index (κ1) is 14.4. The molecule has 5 nitrogen and oxygen atoms in total. The summed E-state index contributed by atoms with van der Waals surface area (Å²) in [6.07, 6.45) is 5.07. The molecule has 0 radical (unpaired) electrons. The fourth-order valence-corrected chi connectivity index (χ4v) is 4.30. The highest BCUT2D eigenvalue weighted by Crippen LogP contribution is 2.36. The van der Waals surface area contributed by atoms with Crippen LogP contribution < -0.4 is 4.72 Å². The van der Waals surface area contributed by atoms with E-state index in [1.54, 1.807) is 0 Å². The van der Waals surface area contributed by atoms with Crippen molar-refractivity contribution in [2.45, 2.75) is 52.0 Å². The number of rotatable bonds is 5. The summed E-state index contributed by atoms with van der Waals surface area (Å²) < 4.78 is 25.9. The van der Waals surface area contributed by atoms with E-state index in [9.17, 15) is 13.2 Å². The first-order chi connectivity index (χ1) is 7.74. The molecule has 2 N–H and O–H groups in total. The molecule has 0 amide bonds. The van der Waals surface area contributed by atoms with E-state index in [4.69, 9.17) is 5.11 Å². The zero-order valence-corrected chi connectivity index (χ0v) is 11.2. The minimum absolute atomic E-state index is 0.0254. The van der Waals surface area contributed by atoms with Crippen molar-refractivity contribution in [3.8, 4) is 0 Å². The van der Waals surface area contributed by atoms with Gasteiger partial charge in [0.2, 0.25) is 10.0 Å². The average Bonchev–Trinajstić information content (AvgIpc) is 2.15. The molecule has 0 unspecified atom stereocenters. The second-order valence-corrected chi connectivity index (χ2v) is 7.06. The van der Waals surface area contributed by atoms with Crippen LogP contribution in [0.4, 0.5) is 0 Å². The van der Waals surface area contributed by atoms with Gasteiger partial charge in [0.15, 0.2) is 0 Å². The van der Waals surface area contributed by atoms with Gasteiger partial charge in [0.05, 0.1) is 5.75 Å². The van der Waals surface area contributed by atoms with Crippen LogP contribution in [0.1, 0.15) is 46.0 Å². The molecule has 0 saturated heterocycles. The van der Waals surface area contributed by atoms with Gasteiger partial charge in [-0.3, -0.25) is 4.79 Å². The van der Waals surface area contributed by atoms with Crippen molar-refractivity contribution in [1.82, 2.24) is 4.72 Å². The summed E-state index contributed by atoms with van der Waals surface area (Å²) in [7, 11) is -3.51. The molecule has 1 aliphatic rings. The summed E-state index contributed by atoms with van der Waals surface area (Å²) in [6, 6.07) is -1.06. The van der Waals surface area contributed by atoms with Crippen molar-refractivity contribution in [2.24, 2.45) is 5.41 Å². The smallest absolute Gasteiger partial charge is 0.321 e. The predicted molar refractivity (Wildman–Crippen MR) is 65.2 cm³/mol. The molecule has 0 bridgehead atoms. The molecule has 1 rings (SSSR count). The quantitative estimate of drug-likeness (QED) is 0.784. The third-order valence-electron chi connectivity index (χ3n) is 3.33. The number of carboxylic acids is 1. The van der Waals surface area contributed by atoms with Crippen LogP contribution >= 0.6 is 0 Å². The number of hydrogen-bond acceptors (Lipinski definition) is 3. The van der Waals surface area contributed by atoms with Crippen molar-refractivity contribution in [3.63, 3.8) is 0 Å². The van der Waals surface area contributed by atoms with Crippen LogP contribution in [-0.4, -0.2) is 31.3 Å². The largest absolute Gasteiger partial charge is 0.480 e. The molecule has 1 saturated carbocycles. The molecule has 0 aromatic heterocycles. The van der Waals surface area contributed by atoms with E-state index in [-0.39, 0.29) is 11.2 Å². The van der Waals surface area contributed by atoms with E-state index in [0.29, 0.717) is 0 Å². The second-order valence-electron chi connectivity index (χ2n) is 5.31. The fraction of sp³-hybridized carbons (Fsp3) is 0.909. The van der Waals surface area contributed by atoms with Gasteiger partial charge in [0, 0.05) is 0 Å². The standard InChI is InChI=1S/C11H21NO4S/c1-9(10(13)14)12-17(15,16)8-11(2)6-4-3-5-7-11/h9,12H,3-8H2,1-2H3,(H,13,14)/t9-/m1/s1. The Morgan fingerprint density at radius 2 is 1.88 bits per heavy atom. The molecule has 0 aromatic rings. The lowest BCUT2D eigenvalue weighted by Gasteiger charge is -2.33. The highest BCUT2D eigenvalue weighted by molar-refractivity contribution is 7.89. The van der Waals surface area contributed by atoms with Crippen LogP contribution in [-0.2, 0) is 14.8 Å². The number of hydrogen-bond donors (Lipinski definition) is 2. The SMILES string of the molecule is C[C@@H](NS(=O)(=O)CC1(C)CCCCC1)C(=O)O. The van der Waals surface area contributed by atoms with E-state index in [1.165, 1.54) is 6.92 Å². The van der Waals surface area contributed by atoms with E-state index in [1.807, 2.05) is 6.92 Å². The first-order valence-electron chi connectivity index (χ1n) is 5.97. The molecule has 0 aromatic carbocycles. The van der Waals surface area contributed by atoms with Crippen molar-refractivity contribution in [3.05, 3.63) is 0 Å². The van der Waals surface area contributed by atoms with Crippen LogP contribution in [0.5, 0.6) is 0 Å². The highest BCUT2D eigenvalue weighted by Gasteiger charge is 2.33. The van der Waals surface area contributed by atoms with Gasteiger partial charge in [0.1, 0.15) is 6.04 Å². The number of aliphatic carboxylic acids is 1. The lowest BCUT2D eigenvalue weighted by molar-refractivity contribution is -0.138. The molecule has 0 spiro atoms. The fourth-order valence-electron chi connectivity index (χ4n) is 2.37. The Morgan fingerprint density at radius 3 is 2.35 bits per heavy atom. The van der Waals surface area contributed by atoms with Gasteiger partial charge >= 0.3 is 5.97 Å². The molecule has 0 heterocycles.